The molecular weight excluding hydrogens is 174 g/mol. The number of halogens is 1. The van der Waals surface area contributed by atoms with Crippen LogP contribution in [-0.4, -0.2) is 41.6 Å². The third kappa shape index (κ3) is 2.47. The highest BCUT2D eigenvalue weighted by Gasteiger charge is 2.23. The van der Waals surface area contributed by atoms with E-state index in [9.17, 15) is 0 Å². The Labute approximate surface area is 78.8 Å². The average molecular weight is 190 g/mol. The zero-order valence-corrected chi connectivity index (χ0v) is 8.06. The first kappa shape index (κ1) is 10.0. The molecule has 70 valence electrons. The fourth-order valence-corrected chi connectivity index (χ4v) is 1.72. The van der Waals surface area contributed by atoms with E-state index in [0.29, 0.717) is 11.9 Å². The molecular formula is C9H16ClNO. The summed E-state index contributed by atoms with van der Waals surface area (Å²) in [6.07, 6.45) is 2.28. The lowest BCUT2D eigenvalue weighted by Gasteiger charge is -2.22. The summed E-state index contributed by atoms with van der Waals surface area (Å²) in [6.45, 7) is 6.02. The van der Waals surface area contributed by atoms with Gasteiger partial charge in [-0.2, -0.15) is 0 Å². The number of likely N-dealkylation sites (tertiary alicyclic amines) is 1. The number of alkyl halides is 1. The normalized spacial score (nSPS) is 24.7. The van der Waals surface area contributed by atoms with Crippen molar-refractivity contribution in [3.8, 4) is 0 Å². The van der Waals surface area contributed by atoms with Gasteiger partial charge in [-0.3, -0.25) is 4.90 Å². The lowest BCUT2D eigenvalue weighted by atomic mass is 10.2. The molecule has 1 saturated heterocycles. The van der Waals surface area contributed by atoms with E-state index in [0.717, 1.165) is 25.1 Å². The molecule has 0 aromatic heterocycles. The molecule has 0 spiro atoms. The van der Waals surface area contributed by atoms with E-state index in [1.807, 2.05) is 0 Å². The van der Waals surface area contributed by atoms with Gasteiger partial charge in [0.2, 0.25) is 0 Å². The molecule has 1 N–H and O–H groups in total. The summed E-state index contributed by atoms with van der Waals surface area (Å²) in [6, 6.07) is 0.338. The minimum absolute atomic E-state index is 0.259. The summed E-state index contributed by atoms with van der Waals surface area (Å²) in [4.78, 5) is 2.25. The molecule has 0 bridgehead atoms. The van der Waals surface area contributed by atoms with Gasteiger partial charge in [0.15, 0.2) is 0 Å². The minimum atomic E-state index is 0.259. The molecule has 1 rings (SSSR count). The second-order valence-corrected chi connectivity index (χ2v) is 3.60. The summed E-state index contributed by atoms with van der Waals surface area (Å²) >= 11 is 5.63. The van der Waals surface area contributed by atoms with Crippen LogP contribution in [0.5, 0.6) is 0 Å². The number of hydrogen-bond acceptors (Lipinski definition) is 2. The van der Waals surface area contributed by atoms with Gasteiger partial charge in [0.1, 0.15) is 0 Å². The Balaban J connectivity index is 2.35. The van der Waals surface area contributed by atoms with Crippen LogP contribution in [0.25, 0.3) is 0 Å². The van der Waals surface area contributed by atoms with Crippen LogP contribution < -0.4 is 0 Å². The topological polar surface area (TPSA) is 23.5 Å². The van der Waals surface area contributed by atoms with Gasteiger partial charge in [0, 0.05) is 18.5 Å². The third-order valence-electron chi connectivity index (χ3n) is 2.33. The maximum absolute atomic E-state index is 9.02. The molecule has 1 aliphatic rings. The predicted octanol–water partition coefficient (Wildman–Crippen LogP) is 1.24. The molecule has 0 aliphatic carbocycles. The van der Waals surface area contributed by atoms with Crippen LogP contribution in [0.4, 0.5) is 0 Å². The van der Waals surface area contributed by atoms with Crippen LogP contribution in [0.1, 0.15) is 12.8 Å². The van der Waals surface area contributed by atoms with Crippen LogP contribution >= 0.6 is 11.6 Å². The highest BCUT2D eigenvalue weighted by molar-refractivity contribution is 6.19. The Morgan fingerprint density at radius 2 is 2.42 bits per heavy atom. The SMILES string of the molecule is C=C(CCl)CN1CCCC1CO. The van der Waals surface area contributed by atoms with Crippen molar-refractivity contribution < 1.29 is 5.11 Å². The molecule has 0 aromatic carbocycles. The number of aliphatic hydroxyl groups is 1. The van der Waals surface area contributed by atoms with Gasteiger partial charge in [0.25, 0.3) is 0 Å². The fraction of sp³-hybridized carbons (Fsp3) is 0.778. The molecule has 0 radical (unpaired) electrons. The monoisotopic (exact) mass is 189 g/mol. The Morgan fingerprint density at radius 1 is 1.67 bits per heavy atom. The van der Waals surface area contributed by atoms with Crippen molar-refractivity contribution >= 4 is 11.6 Å². The summed E-state index contributed by atoms with van der Waals surface area (Å²) < 4.78 is 0. The largest absolute Gasteiger partial charge is 0.395 e. The lowest BCUT2D eigenvalue weighted by Crippen LogP contribution is -2.33. The van der Waals surface area contributed by atoms with Crippen LogP contribution in [0.2, 0.25) is 0 Å². The summed E-state index contributed by atoms with van der Waals surface area (Å²) in [5, 5.41) is 9.02. The maximum atomic E-state index is 9.02. The van der Waals surface area contributed by atoms with E-state index in [4.69, 9.17) is 16.7 Å². The molecule has 1 unspecified atom stereocenters. The Hall–Kier alpha value is -0.0500. The average Bonchev–Trinajstić information content (AvgIpc) is 2.51. The van der Waals surface area contributed by atoms with Crippen molar-refractivity contribution in [1.82, 2.24) is 4.90 Å². The first-order valence-corrected chi connectivity index (χ1v) is 4.89. The van der Waals surface area contributed by atoms with Crippen LogP contribution in [0, 0.1) is 0 Å². The molecule has 1 fully saturated rings. The highest BCUT2D eigenvalue weighted by atomic mass is 35.5. The third-order valence-corrected chi connectivity index (χ3v) is 2.70. The molecule has 0 saturated carbocycles. The van der Waals surface area contributed by atoms with E-state index in [-0.39, 0.29) is 6.61 Å². The zero-order valence-electron chi connectivity index (χ0n) is 7.30. The molecule has 2 nitrogen and oxygen atoms in total. The van der Waals surface area contributed by atoms with E-state index < -0.39 is 0 Å². The smallest absolute Gasteiger partial charge is 0.0587 e. The summed E-state index contributed by atoms with van der Waals surface area (Å²) in [5.74, 6) is 0.522. The van der Waals surface area contributed by atoms with Crippen LogP contribution in [0.15, 0.2) is 12.2 Å². The maximum Gasteiger partial charge on any atom is 0.0587 e. The molecule has 0 amide bonds. The summed E-state index contributed by atoms with van der Waals surface area (Å²) in [5.41, 5.74) is 1.04. The Morgan fingerprint density at radius 3 is 3.00 bits per heavy atom. The van der Waals surface area contributed by atoms with E-state index in [1.165, 1.54) is 6.42 Å². The number of hydrogen-bond donors (Lipinski definition) is 1. The first-order valence-electron chi connectivity index (χ1n) is 4.35. The standard InChI is InChI=1S/C9H16ClNO/c1-8(5-10)6-11-4-2-3-9(11)7-12/h9,12H,1-7H2. The molecule has 1 atom stereocenters. The van der Waals surface area contributed by atoms with E-state index >= 15 is 0 Å². The molecule has 3 heteroatoms. The van der Waals surface area contributed by atoms with Crippen molar-refractivity contribution in [2.24, 2.45) is 0 Å². The number of aliphatic hydroxyl groups excluding tert-OH is 1. The Kier molecular flexibility index (Phi) is 4.06. The van der Waals surface area contributed by atoms with E-state index in [1.54, 1.807) is 0 Å². The van der Waals surface area contributed by atoms with Crippen molar-refractivity contribution in [1.29, 1.82) is 0 Å². The van der Waals surface area contributed by atoms with Crippen LogP contribution in [0.3, 0.4) is 0 Å². The Bertz CT molecular complexity index is 161. The molecule has 1 aliphatic heterocycles. The second-order valence-electron chi connectivity index (χ2n) is 3.33. The zero-order chi connectivity index (χ0) is 8.97. The van der Waals surface area contributed by atoms with Crippen molar-refractivity contribution in [2.75, 3.05) is 25.6 Å². The molecule has 0 aromatic rings. The molecule has 1 heterocycles. The van der Waals surface area contributed by atoms with Crippen molar-refractivity contribution in [3.63, 3.8) is 0 Å². The quantitative estimate of drug-likeness (QED) is 0.532. The fourth-order valence-electron chi connectivity index (χ4n) is 1.64. The lowest BCUT2D eigenvalue weighted by molar-refractivity contribution is 0.168. The van der Waals surface area contributed by atoms with Gasteiger partial charge in [0.05, 0.1) is 6.61 Å². The van der Waals surface area contributed by atoms with Gasteiger partial charge >= 0.3 is 0 Å². The molecule has 12 heavy (non-hydrogen) atoms. The van der Waals surface area contributed by atoms with E-state index in [2.05, 4.69) is 11.5 Å². The van der Waals surface area contributed by atoms with Crippen LogP contribution in [-0.2, 0) is 0 Å². The van der Waals surface area contributed by atoms with Gasteiger partial charge < -0.3 is 5.11 Å². The van der Waals surface area contributed by atoms with Gasteiger partial charge in [-0.25, -0.2) is 0 Å². The summed E-state index contributed by atoms with van der Waals surface area (Å²) in [7, 11) is 0. The van der Waals surface area contributed by atoms with Crippen molar-refractivity contribution in [2.45, 2.75) is 18.9 Å². The highest BCUT2D eigenvalue weighted by Crippen LogP contribution is 2.17. The number of nitrogens with zero attached hydrogens (tertiary/aromatic N) is 1. The van der Waals surface area contributed by atoms with Crippen molar-refractivity contribution in [3.05, 3.63) is 12.2 Å². The first-order chi connectivity index (χ1) is 5.77. The minimum Gasteiger partial charge on any atom is -0.395 e. The number of rotatable bonds is 4. The second kappa shape index (κ2) is 4.85. The van der Waals surface area contributed by atoms with Gasteiger partial charge in [-0.15, -0.1) is 11.6 Å². The predicted molar refractivity (Wildman–Crippen MR) is 51.5 cm³/mol. The van der Waals surface area contributed by atoms with Gasteiger partial charge in [-0.1, -0.05) is 6.58 Å². The van der Waals surface area contributed by atoms with Gasteiger partial charge in [-0.05, 0) is 25.0 Å².